The van der Waals surface area contributed by atoms with Gasteiger partial charge in [0.25, 0.3) is 0 Å². The standard InChI is InChI=1S/C23H25FN2O4S/c1-2-13-26-23(22(28)19-5-3-4-6-20(19)31(26,29)30)25-14-11-17(12-15-25)21(27)16-7-9-18(24)10-8-16/h3-10,17,23H,2,11-15H2,1H3. The lowest BCUT2D eigenvalue weighted by molar-refractivity contribution is 0.0431. The molecule has 4 rings (SSSR count). The number of hydrogen-bond acceptors (Lipinski definition) is 5. The van der Waals surface area contributed by atoms with Crippen LogP contribution in [0.4, 0.5) is 4.39 Å². The maximum Gasteiger partial charge on any atom is 0.245 e. The van der Waals surface area contributed by atoms with E-state index < -0.39 is 16.2 Å². The molecular weight excluding hydrogens is 419 g/mol. The van der Waals surface area contributed by atoms with E-state index in [1.807, 2.05) is 11.8 Å². The Bertz CT molecular complexity index is 1090. The van der Waals surface area contributed by atoms with E-state index in [0.717, 1.165) is 0 Å². The molecule has 2 aliphatic heterocycles. The molecular formula is C23H25FN2O4S. The van der Waals surface area contributed by atoms with Crippen LogP contribution < -0.4 is 0 Å². The molecule has 2 heterocycles. The fourth-order valence-electron chi connectivity index (χ4n) is 4.49. The summed E-state index contributed by atoms with van der Waals surface area (Å²) in [6, 6.07) is 11.9. The molecule has 0 amide bonds. The molecule has 2 aromatic carbocycles. The number of nitrogens with zero attached hydrogens (tertiary/aromatic N) is 2. The number of carbonyl (C=O) groups is 2. The Morgan fingerprint density at radius 3 is 2.35 bits per heavy atom. The largest absolute Gasteiger partial charge is 0.294 e. The molecule has 0 radical (unpaired) electrons. The number of benzene rings is 2. The summed E-state index contributed by atoms with van der Waals surface area (Å²) in [6.45, 7) is 3.00. The highest BCUT2D eigenvalue weighted by atomic mass is 32.2. The summed E-state index contributed by atoms with van der Waals surface area (Å²) in [6.07, 6.45) is 0.732. The van der Waals surface area contributed by atoms with Gasteiger partial charge in [0.2, 0.25) is 10.0 Å². The van der Waals surface area contributed by atoms with Crippen LogP contribution >= 0.6 is 0 Å². The third kappa shape index (κ3) is 3.95. The molecule has 0 spiro atoms. The van der Waals surface area contributed by atoms with Gasteiger partial charge in [-0.3, -0.25) is 14.5 Å². The van der Waals surface area contributed by atoms with E-state index in [4.69, 9.17) is 0 Å². The van der Waals surface area contributed by atoms with E-state index in [-0.39, 0.29) is 40.3 Å². The molecule has 31 heavy (non-hydrogen) atoms. The van der Waals surface area contributed by atoms with Crippen LogP contribution in [0.2, 0.25) is 0 Å². The number of halogens is 1. The fourth-order valence-corrected chi connectivity index (χ4v) is 6.35. The average molecular weight is 445 g/mol. The second-order valence-corrected chi connectivity index (χ2v) is 9.89. The molecule has 1 atom stereocenters. The van der Waals surface area contributed by atoms with Gasteiger partial charge in [0.15, 0.2) is 11.6 Å². The van der Waals surface area contributed by atoms with Gasteiger partial charge in [0.05, 0.1) is 4.90 Å². The summed E-state index contributed by atoms with van der Waals surface area (Å²) >= 11 is 0. The molecule has 0 bridgehead atoms. The van der Waals surface area contributed by atoms with E-state index >= 15 is 0 Å². The van der Waals surface area contributed by atoms with Crippen molar-refractivity contribution in [1.29, 1.82) is 0 Å². The molecule has 2 aromatic rings. The van der Waals surface area contributed by atoms with Crippen LogP contribution in [-0.2, 0) is 10.0 Å². The second kappa shape index (κ2) is 8.61. The molecule has 1 fully saturated rings. The Kier molecular flexibility index (Phi) is 6.05. The highest BCUT2D eigenvalue weighted by Crippen LogP contribution is 2.34. The van der Waals surface area contributed by atoms with Crippen molar-refractivity contribution in [3.8, 4) is 0 Å². The zero-order chi connectivity index (χ0) is 22.2. The molecule has 0 aromatic heterocycles. The van der Waals surface area contributed by atoms with Gasteiger partial charge in [-0.1, -0.05) is 19.1 Å². The van der Waals surface area contributed by atoms with Crippen LogP contribution in [-0.4, -0.2) is 55.0 Å². The predicted octanol–water partition coefficient (Wildman–Crippen LogP) is 3.34. The summed E-state index contributed by atoms with van der Waals surface area (Å²) in [5.74, 6) is -0.885. The maximum atomic E-state index is 13.3. The molecule has 1 unspecified atom stereocenters. The number of piperidine rings is 1. The van der Waals surface area contributed by atoms with E-state index in [1.165, 1.54) is 34.6 Å². The molecule has 2 aliphatic rings. The second-order valence-electron chi connectivity index (χ2n) is 8.03. The third-order valence-electron chi connectivity index (χ3n) is 6.07. The van der Waals surface area contributed by atoms with Gasteiger partial charge >= 0.3 is 0 Å². The van der Waals surface area contributed by atoms with Crippen LogP contribution in [0.15, 0.2) is 53.4 Å². The minimum Gasteiger partial charge on any atom is -0.294 e. The van der Waals surface area contributed by atoms with Crippen molar-refractivity contribution in [2.75, 3.05) is 19.6 Å². The number of sulfonamides is 1. The molecule has 6 nitrogen and oxygen atoms in total. The lowest BCUT2D eigenvalue weighted by Gasteiger charge is -2.43. The Balaban J connectivity index is 1.56. The summed E-state index contributed by atoms with van der Waals surface area (Å²) in [5, 5.41) is 0. The van der Waals surface area contributed by atoms with E-state index in [2.05, 4.69) is 0 Å². The van der Waals surface area contributed by atoms with Crippen LogP contribution in [0.5, 0.6) is 0 Å². The number of likely N-dealkylation sites (tertiary alicyclic amines) is 1. The van der Waals surface area contributed by atoms with Crippen molar-refractivity contribution in [3.63, 3.8) is 0 Å². The highest BCUT2D eigenvalue weighted by molar-refractivity contribution is 7.89. The normalized spacial score (nSPS) is 22.3. The topological polar surface area (TPSA) is 74.8 Å². The van der Waals surface area contributed by atoms with Crippen molar-refractivity contribution in [1.82, 2.24) is 9.21 Å². The van der Waals surface area contributed by atoms with Gasteiger partial charge in [0.1, 0.15) is 12.0 Å². The Morgan fingerprint density at radius 2 is 1.71 bits per heavy atom. The highest BCUT2D eigenvalue weighted by Gasteiger charge is 2.46. The van der Waals surface area contributed by atoms with Crippen molar-refractivity contribution < 1.29 is 22.4 Å². The lowest BCUT2D eigenvalue weighted by atomic mass is 9.88. The number of fused-ring (bicyclic) bond motifs is 1. The fraction of sp³-hybridized carbons (Fsp3) is 0.391. The first-order valence-electron chi connectivity index (χ1n) is 10.5. The first kappa shape index (κ1) is 21.8. The average Bonchev–Trinajstić information content (AvgIpc) is 2.78. The first-order chi connectivity index (χ1) is 14.8. The van der Waals surface area contributed by atoms with Gasteiger partial charge in [-0.2, -0.15) is 4.31 Å². The van der Waals surface area contributed by atoms with Gasteiger partial charge < -0.3 is 0 Å². The van der Waals surface area contributed by atoms with Gasteiger partial charge in [-0.05, 0) is 55.7 Å². The SMILES string of the molecule is CCCN1C(N2CCC(C(=O)c3ccc(F)cc3)CC2)C(=O)c2ccccc2S1(=O)=O. The summed E-state index contributed by atoms with van der Waals surface area (Å²) < 4.78 is 40.9. The van der Waals surface area contributed by atoms with Crippen LogP contribution in [0, 0.1) is 11.7 Å². The van der Waals surface area contributed by atoms with Gasteiger partial charge in [-0.15, -0.1) is 0 Å². The molecule has 164 valence electrons. The smallest absolute Gasteiger partial charge is 0.245 e. The molecule has 0 aliphatic carbocycles. The molecule has 0 N–H and O–H groups in total. The minimum atomic E-state index is -3.78. The Morgan fingerprint density at radius 1 is 1.06 bits per heavy atom. The predicted molar refractivity (Wildman–Crippen MR) is 114 cm³/mol. The third-order valence-corrected chi connectivity index (χ3v) is 7.98. The molecule has 1 saturated heterocycles. The number of ketones is 2. The van der Waals surface area contributed by atoms with E-state index in [1.54, 1.807) is 18.2 Å². The molecule has 8 heteroatoms. The van der Waals surface area contributed by atoms with E-state index in [9.17, 15) is 22.4 Å². The van der Waals surface area contributed by atoms with E-state index in [0.29, 0.717) is 37.9 Å². The van der Waals surface area contributed by atoms with Gasteiger partial charge in [-0.25, -0.2) is 12.8 Å². The summed E-state index contributed by atoms with van der Waals surface area (Å²) in [5.41, 5.74) is 0.696. The van der Waals surface area contributed by atoms with Crippen LogP contribution in [0.3, 0.4) is 0 Å². The lowest BCUT2D eigenvalue weighted by Crippen LogP contribution is -2.59. The minimum absolute atomic E-state index is 0.0435. The van der Waals surface area contributed by atoms with Crippen molar-refractivity contribution in [2.24, 2.45) is 5.92 Å². The Labute approximate surface area is 181 Å². The van der Waals surface area contributed by atoms with Crippen molar-refractivity contribution in [2.45, 2.75) is 37.2 Å². The first-order valence-corrected chi connectivity index (χ1v) is 12.0. The summed E-state index contributed by atoms with van der Waals surface area (Å²) in [7, 11) is -3.78. The summed E-state index contributed by atoms with van der Waals surface area (Å²) in [4.78, 5) is 28.0. The van der Waals surface area contributed by atoms with Gasteiger partial charge in [0, 0.05) is 36.7 Å². The zero-order valence-corrected chi connectivity index (χ0v) is 18.1. The molecule has 0 saturated carbocycles. The number of rotatable bonds is 5. The van der Waals surface area contributed by atoms with Crippen molar-refractivity contribution >= 4 is 21.6 Å². The maximum absolute atomic E-state index is 13.3. The monoisotopic (exact) mass is 444 g/mol. The number of carbonyl (C=O) groups excluding carboxylic acids is 2. The number of hydrogen-bond donors (Lipinski definition) is 0. The Hall–Kier alpha value is -2.42. The van der Waals surface area contributed by atoms with Crippen LogP contribution in [0.25, 0.3) is 0 Å². The van der Waals surface area contributed by atoms with Crippen molar-refractivity contribution in [3.05, 3.63) is 65.5 Å². The van der Waals surface area contributed by atoms with Crippen LogP contribution in [0.1, 0.15) is 46.9 Å². The zero-order valence-electron chi connectivity index (χ0n) is 17.3. The quantitative estimate of drug-likeness (QED) is 0.662. The number of Topliss-reactive ketones (excluding diaryl/α,β-unsaturated/α-hetero) is 2.